The molecule has 0 radical (unpaired) electrons. The Balaban J connectivity index is 1.75. The zero-order valence-electron chi connectivity index (χ0n) is 8.81. The van der Waals surface area contributed by atoms with Crippen molar-refractivity contribution < 1.29 is 13.2 Å². The van der Waals surface area contributed by atoms with Crippen LogP contribution >= 0.6 is 0 Å². The molecule has 0 aromatic heterocycles. The van der Waals surface area contributed by atoms with Crippen molar-refractivity contribution in [3.05, 3.63) is 0 Å². The fourth-order valence-corrected chi connectivity index (χ4v) is 4.61. The summed E-state index contributed by atoms with van der Waals surface area (Å²) in [6.45, 7) is 2.97. The summed E-state index contributed by atoms with van der Waals surface area (Å²) in [5.41, 5.74) is 0.155. The molecule has 2 saturated heterocycles. The zero-order chi connectivity index (χ0) is 10.5. The lowest BCUT2D eigenvalue weighted by Crippen LogP contribution is -2.34. The minimum absolute atomic E-state index is 0.0602. The van der Waals surface area contributed by atoms with Crippen LogP contribution in [0.3, 0.4) is 0 Å². The van der Waals surface area contributed by atoms with Crippen LogP contribution < -0.4 is 0 Å². The Morgan fingerprint density at radius 2 is 2.07 bits per heavy atom. The van der Waals surface area contributed by atoms with Gasteiger partial charge in [0.2, 0.25) is 10.0 Å². The Hall–Kier alpha value is -0.130. The SMILES string of the molecule is O=S(=O)(C1CC1)N1CC[C@@]2(CCOC2)C1. The van der Waals surface area contributed by atoms with Crippen molar-refractivity contribution in [1.29, 1.82) is 0 Å². The van der Waals surface area contributed by atoms with Crippen molar-refractivity contribution in [2.75, 3.05) is 26.3 Å². The highest BCUT2D eigenvalue weighted by atomic mass is 32.2. The first kappa shape index (κ1) is 10.1. The van der Waals surface area contributed by atoms with Gasteiger partial charge in [-0.05, 0) is 25.7 Å². The Morgan fingerprint density at radius 1 is 1.27 bits per heavy atom. The fraction of sp³-hybridized carbons (Fsp3) is 1.00. The van der Waals surface area contributed by atoms with Gasteiger partial charge in [0.25, 0.3) is 0 Å². The second-order valence-corrected chi connectivity index (χ2v) is 7.34. The number of ether oxygens (including phenoxy) is 1. The Labute approximate surface area is 90.6 Å². The lowest BCUT2D eigenvalue weighted by Gasteiger charge is -2.21. The predicted octanol–water partition coefficient (Wildman–Crippen LogP) is 0.591. The van der Waals surface area contributed by atoms with Gasteiger partial charge in [-0.1, -0.05) is 0 Å². The van der Waals surface area contributed by atoms with E-state index < -0.39 is 10.0 Å². The zero-order valence-corrected chi connectivity index (χ0v) is 9.63. The highest BCUT2D eigenvalue weighted by molar-refractivity contribution is 7.90. The number of hydrogen-bond donors (Lipinski definition) is 0. The number of hydrogen-bond acceptors (Lipinski definition) is 3. The molecule has 1 spiro atoms. The molecule has 5 heteroatoms. The molecule has 0 aromatic carbocycles. The second kappa shape index (κ2) is 3.18. The van der Waals surface area contributed by atoms with Gasteiger partial charge in [0.1, 0.15) is 0 Å². The Morgan fingerprint density at radius 3 is 2.67 bits per heavy atom. The fourth-order valence-electron chi connectivity index (χ4n) is 2.66. The van der Waals surface area contributed by atoms with Gasteiger partial charge in [-0.2, -0.15) is 0 Å². The van der Waals surface area contributed by atoms with Crippen LogP contribution in [0.5, 0.6) is 0 Å². The molecule has 0 bridgehead atoms. The van der Waals surface area contributed by atoms with E-state index in [0.717, 1.165) is 38.9 Å². The predicted molar refractivity (Wildman–Crippen MR) is 56.0 cm³/mol. The van der Waals surface area contributed by atoms with Gasteiger partial charge in [-0.25, -0.2) is 12.7 Å². The molecule has 0 unspecified atom stereocenters. The van der Waals surface area contributed by atoms with Crippen LogP contribution in [0, 0.1) is 5.41 Å². The lowest BCUT2D eigenvalue weighted by atomic mass is 9.87. The molecule has 0 N–H and O–H groups in total. The van der Waals surface area contributed by atoms with Crippen molar-refractivity contribution >= 4 is 10.0 Å². The molecule has 1 aliphatic carbocycles. The summed E-state index contributed by atoms with van der Waals surface area (Å²) in [5.74, 6) is 0. The van der Waals surface area contributed by atoms with Gasteiger partial charge >= 0.3 is 0 Å². The maximum absolute atomic E-state index is 12.0. The minimum atomic E-state index is -2.95. The van der Waals surface area contributed by atoms with E-state index in [-0.39, 0.29) is 10.7 Å². The van der Waals surface area contributed by atoms with E-state index in [2.05, 4.69) is 0 Å². The standard InChI is InChI=1S/C10H17NO3S/c12-15(13,9-1-2-9)11-5-3-10(7-11)4-6-14-8-10/h9H,1-8H2/t10-/m1/s1. The molecular formula is C10H17NO3S. The maximum atomic E-state index is 12.0. The van der Waals surface area contributed by atoms with E-state index in [1.54, 1.807) is 4.31 Å². The van der Waals surface area contributed by atoms with Gasteiger partial charge in [0.05, 0.1) is 11.9 Å². The van der Waals surface area contributed by atoms with Gasteiger partial charge in [0, 0.05) is 25.1 Å². The third-order valence-electron chi connectivity index (χ3n) is 3.89. The summed E-state index contributed by atoms with van der Waals surface area (Å²) in [4.78, 5) is 0. The largest absolute Gasteiger partial charge is 0.381 e. The molecule has 2 heterocycles. The second-order valence-electron chi connectivity index (χ2n) is 5.13. The monoisotopic (exact) mass is 231 g/mol. The van der Waals surface area contributed by atoms with Crippen molar-refractivity contribution in [3.8, 4) is 0 Å². The molecular weight excluding hydrogens is 214 g/mol. The molecule has 0 amide bonds. The minimum Gasteiger partial charge on any atom is -0.381 e. The van der Waals surface area contributed by atoms with E-state index in [1.807, 2.05) is 0 Å². The number of rotatable bonds is 2. The summed E-state index contributed by atoms with van der Waals surface area (Å²) in [5, 5.41) is -0.0602. The first-order chi connectivity index (χ1) is 7.12. The molecule has 15 heavy (non-hydrogen) atoms. The van der Waals surface area contributed by atoms with Crippen molar-refractivity contribution in [1.82, 2.24) is 4.31 Å². The van der Waals surface area contributed by atoms with E-state index in [0.29, 0.717) is 13.1 Å². The molecule has 86 valence electrons. The summed E-state index contributed by atoms with van der Waals surface area (Å²) in [6.07, 6.45) is 3.74. The summed E-state index contributed by atoms with van der Waals surface area (Å²) in [7, 11) is -2.95. The first-order valence-electron chi connectivity index (χ1n) is 5.69. The van der Waals surface area contributed by atoms with Crippen LogP contribution in [0.2, 0.25) is 0 Å². The Kier molecular flexibility index (Phi) is 2.13. The van der Waals surface area contributed by atoms with Crippen molar-refractivity contribution in [2.24, 2.45) is 5.41 Å². The van der Waals surface area contributed by atoms with E-state index in [1.165, 1.54) is 0 Å². The van der Waals surface area contributed by atoms with Crippen LogP contribution in [0.25, 0.3) is 0 Å². The van der Waals surface area contributed by atoms with Crippen LogP contribution in [0.4, 0.5) is 0 Å². The molecule has 2 aliphatic heterocycles. The number of nitrogens with zero attached hydrogens (tertiary/aromatic N) is 1. The van der Waals surface area contributed by atoms with Crippen LogP contribution in [-0.4, -0.2) is 44.3 Å². The Bertz CT molecular complexity index is 355. The number of sulfonamides is 1. The maximum Gasteiger partial charge on any atom is 0.217 e. The van der Waals surface area contributed by atoms with Gasteiger partial charge < -0.3 is 4.74 Å². The highest BCUT2D eigenvalue weighted by Crippen LogP contribution is 2.42. The highest BCUT2D eigenvalue weighted by Gasteiger charge is 2.48. The van der Waals surface area contributed by atoms with E-state index >= 15 is 0 Å². The first-order valence-corrected chi connectivity index (χ1v) is 7.20. The summed E-state index contributed by atoms with van der Waals surface area (Å²) >= 11 is 0. The molecule has 3 aliphatic rings. The molecule has 3 rings (SSSR count). The topological polar surface area (TPSA) is 46.6 Å². The molecule has 0 aromatic rings. The van der Waals surface area contributed by atoms with E-state index in [4.69, 9.17) is 4.74 Å². The smallest absolute Gasteiger partial charge is 0.217 e. The molecule has 4 nitrogen and oxygen atoms in total. The average Bonchev–Trinajstić information content (AvgIpc) is 2.86. The van der Waals surface area contributed by atoms with Gasteiger partial charge in [-0.15, -0.1) is 0 Å². The third-order valence-corrected chi connectivity index (χ3v) is 6.24. The van der Waals surface area contributed by atoms with Gasteiger partial charge in [-0.3, -0.25) is 0 Å². The molecule has 3 fully saturated rings. The van der Waals surface area contributed by atoms with Gasteiger partial charge in [0.15, 0.2) is 0 Å². The van der Waals surface area contributed by atoms with Crippen LogP contribution in [-0.2, 0) is 14.8 Å². The summed E-state index contributed by atoms with van der Waals surface area (Å²) < 4.78 is 31.1. The van der Waals surface area contributed by atoms with Crippen molar-refractivity contribution in [2.45, 2.75) is 30.9 Å². The van der Waals surface area contributed by atoms with Crippen LogP contribution in [0.1, 0.15) is 25.7 Å². The molecule has 1 saturated carbocycles. The molecule has 1 atom stereocenters. The summed E-state index contributed by atoms with van der Waals surface area (Å²) in [6, 6.07) is 0. The van der Waals surface area contributed by atoms with Crippen molar-refractivity contribution in [3.63, 3.8) is 0 Å². The third kappa shape index (κ3) is 1.61. The van der Waals surface area contributed by atoms with E-state index in [9.17, 15) is 8.42 Å². The van der Waals surface area contributed by atoms with Crippen LogP contribution in [0.15, 0.2) is 0 Å². The quantitative estimate of drug-likeness (QED) is 0.699. The average molecular weight is 231 g/mol. The lowest BCUT2D eigenvalue weighted by molar-refractivity contribution is 0.157. The normalized spacial score (nSPS) is 37.9.